The number of carboxylic acid groups (broad SMARTS) is 1. The lowest BCUT2D eigenvalue weighted by molar-refractivity contribution is 0.0696. The highest BCUT2D eigenvalue weighted by atomic mass is 32.2. The molecule has 0 spiro atoms. The van der Waals surface area contributed by atoms with Crippen molar-refractivity contribution in [3.8, 4) is 0 Å². The number of carboxylic acids is 1. The quantitative estimate of drug-likeness (QED) is 0.756. The molecular formula is C10H14N2O2S. The van der Waals surface area contributed by atoms with Gasteiger partial charge in [0.15, 0.2) is 0 Å². The highest BCUT2D eigenvalue weighted by molar-refractivity contribution is 8.00. The van der Waals surface area contributed by atoms with Crippen LogP contribution in [0.4, 0.5) is 5.69 Å². The topological polar surface area (TPSA) is 76.2 Å². The average Bonchev–Trinajstić information content (AvgIpc) is 2.05. The lowest BCUT2D eigenvalue weighted by Gasteiger charge is -2.17. The van der Waals surface area contributed by atoms with E-state index in [0.29, 0.717) is 10.7 Å². The number of rotatable bonds is 2. The van der Waals surface area contributed by atoms with Crippen molar-refractivity contribution >= 4 is 23.4 Å². The van der Waals surface area contributed by atoms with Gasteiger partial charge in [-0.3, -0.25) is 0 Å². The molecule has 5 heteroatoms. The van der Waals surface area contributed by atoms with E-state index in [0.717, 1.165) is 0 Å². The maximum atomic E-state index is 10.6. The standard InChI is InChI=1S/C10H14N2O2S/c1-10(2,3)15-8-7(11)4-6(5-12-8)9(13)14/h4-5H,11H2,1-3H3,(H,13,14). The van der Waals surface area contributed by atoms with Gasteiger partial charge in [-0.2, -0.15) is 0 Å². The number of hydrogen-bond acceptors (Lipinski definition) is 4. The molecule has 0 bridgehead atoms. The fraction of sp³-hybridized carbons (Fsp3) is 0.400. The molecule has 0 aliphatic carbocycles. The zero-order valence-electron chi connectivity index (χ0n) is 8.94. The number of pyridine rings is 1. The molecule has 15 heavy (non-hydrogen) atoms. The molecule has 0 aliphatic heterocycles. The third-order valence-corrected chi connectivity index (χ3v) is 2.68. The number of aromatic nitrogens is 1. The summed E-state index contributed by atoms with van der Waals surface area (Å²) in [4.78, 5) is 14.7. The first-order chi connectivity index (χ1) is 6.79. The number of hydrogen-bond donors (Lipinski definition) is 2. The largest absolute Gasteiger partial charge is 0.478 e. The highest BCUT2D eigenvalue weighted by Gasteiger charge is 2.16. The normalized spacial score (nSPS) is 11.4. The Bertz CT molecular complexity index is 385. The minimum Gasteiger partial charge on any atom is -0.478 e. The zero-order valence-corrected chi connectivity index (χ0v) is 9.76. The summed E-state index contributed by atoms with van der Waals surface area (Å²) in [6.45, 7) is 6.14. The molecule has 0 saturated carbocycles. The SMILES string of the molecule is CC(C)(C)Sc1ncc(C(=O)O)cc1N. The summed E-state index contributed by atoms with van der Waals surface area (Å²) >= 11 is 1.52. The Labute approximate surface area is 92.9 Å². The van der Waals surface area contributed by atoms with Crippen LogP contribution in [-0.4, -0.2) is 20.8 Å². The molecule has 1 heterocycles. The molecule has 1 aromatic heterocycles. The van der Waals surface area contributed by atoms with Gasteiger partial charge in [-0.15, -0.1) is 0 Å². The first-order valence-electron chi connectivity index (χ1n) is 4.47. The van der Waals surface area contributed by atoms with Crippen LogP contribution in [0.2, 0.25) is 0 Å². The summed E-state index contributed by atoms with van der Waals surface area (Å²) in [6, 6.07) is 1.43. The molecule has 0 unspecified atom stereocenters. The second-order valence-corrected chi connectivity index (χ2v) is 5.95. The summed E-state index contributed by atoms with van der Waals surface area (Å²) in [7, 11) is 0. The van der Waals surface area contributed by atoms with Gasteiger partial charge in [0.1, 0.15) is 5.03 Å². The third kappa shape index (κ3) is 3.43. The second-order valence-electron chi connectivity index (χ2n) is 4.14. The van der Waals surface area contributed by atoms with E-state index in [1.807, 2.05) is 20.8 Å². The number of nitrogen functional groups attached to an aromatic ring is 1. The molecule has 0 fully saturated rings. The number of thioether (sulfide) groups is 1. The molecule has 0 saturated heterocycles. The van der Waals surface area contributed by atoms with Gasteiger partial charge in [0.25, 0.3) is 0 Å². The number of nitrogens with zero attached hydrogens (tertiary/aromatic N) is 1. The van der Waals surface area contributed by atoms with Crippen molar-refractivity contribution in [3.05, 3.63) is 17.8 Å². The van der Waals surface area contributed by atoms with Crippen molar-refractivity contribution in [2.45, 2.75) is 30.5 Å². The van der Waals surface area contributed by atoms with Crippen LogP contribution in [-0.2, 0) is 0 Å². The van der Waals surface area contributed by atoms with E-state index in [9.17, 15) is 4.79 Å². The maximum absolute atomic E-state index is 10.6. The van der Waals surface area contributed by atoms with E-state index in [2.05, 4.69) is 4.98 Å². The fourth-order valence-corrected chi connectivity index (χ4v) is 1.82. The Balaban J connectivity index is 2.99. The van der Waals surface area contributed by atoms with Gasteiger partial charge in [0.2, 0.25) is 0 Å². The van der Waals surface area contributed by atoms with Gasteiger partial charge in [0, 0.05) is 10.9 Å². The first kappa shape index (κ1) is 11.8. The Morgan fingerprint density at radius 3 is 2.53 bits per heavy atom. The van der Waals surface area contributed by atoms with E-state index < -0.39 is 5.97 Å². The Hall–Kier alpha value is -1.23. The molecule has 1 aromatic rings. The van der Waals surface area contributed by atoms with Crippen molar-refractivity contribution in [2.75, 3.05) is 5.73 Å². The summed E-state index contributed by atoms with van der Waals surface area (Å²) in [5.74, 6) is -1.01. The van der Waals surface area contributed by atoms with Crippen LogP contribution >= 0.6 is 11.8 Å². The number of aromatic carboxylic acids is 1. The highest BCUT2D eigenvalue weighted by Crippen LogP contribution is 2.33. The molecule has 4 nitrogen and oxygen atoms in total. The van der Waals surface area contributed by atoms with Crippen LogP contribution in [0.5, 0.6) is 0 Å². The average molecular weight is 226 g/mol. The first-order valence-corrected chi connectivity index (χ1v) is 5.29. The van der Waals surface area contributed by atoms with E-state index in [-0.39, 0.29) is 10.3 Å². The summed E-state index contributed by atoms with van der Waals surface area (Å²) in [6.07, 6.45) is 1.33. The Kier molecular flexibility index (Phi) is 3.24. The molecule has 0 atom stereocenters. The molecule has 0 aliphatic rings. The maximum Gasteiger partial charge on any atom is 0.337 e. The summed E-state index contributed by atoms with van der Waals surface area (Å²) in [5, 5.41) is 9.40. The molecule has 3 N–H and O–H groups in total. The van der Waals surface area contributed by atoms with Gasteiger partial charge < -0.3 is 10.8 Å². The van der Waals surface area contributed by atoms with Crippen molar-refractivity contribution < 1.29 is 9.90 Å². The van der Waals surface area contributed by atoms with E-state index in [1.165, 1.54) is 24.0 Å². The summed E-state index contributed by atoms with van der Waals surface area (Å²) in [5.41, 5.74) is 6.25. The molecule has 82 valence electrons. The fourth-order valence-electron chi connectivity index (χ4n) is 0.962. The number of nitrogens with two attached hydrogens (primary N) is 1. The van der Waals surface area contributed by atoms with Crippen molar-refractivity contribution in [2.24, 2.45) is 0 Å². The lowest BCUT2D eigenvalue weighted by atomic mass is 10.2. The predicted molar refractivity (Wildman–Crippen MR) is 61.2 cm³/mol. The second kappa shape index (κ2) is 4.10. The van der Waals surface area contributed by atoms with Gasteiger partial charge in [-0.05, 0) is 6.07 Å². The number of carbonyl (C=O) groups is 1. The van der Waals surface area contributed by atoms with Gasteiger partial charge in [-0.25, -0.2) is 9.78 Å². The predicted octanol–water partition coefficient (Wildman–Crippen LogP) is 2.25. The van der Waals surface area contributed by atoms with Crippen LogP contribution in [0.3, 0.4) is 0 Å². The van der Waals surface area contributed by atoms with Gasteiger partial charge in [-0.1, -0.05) is 32.5 Å². The smallest absolute Gasteiger partial charge is 0.337 e. The van der Waals surface area contributed by atoms with Gasteiger partial charge in [0.05, 0.1) is 11.3 Å². The van der Waals surface area contributed by atoms with Crippen molar-refractivity contribution in [3.63, 3.8) is 0 Å². The number of anilines is 1. The molecule has 1 rings (SSSR count). The lowest BCUT2D eigenvalue weighted by Crippen LogP contribution is -2.09. The van der Waals surface area contributed by atoms with Crippen LogP contribution in [0.15, 0.2) is 17.3 Å². The van der Waals surface area contributed by atoms with E-state index in [1.54, 1.807) is 0 Å². The molecule has 0 amide bonds. The Morgan fingerprint density at radius 2 is 2.13 bits per heavy atom. The monoisotopic (exact) mass is 226 g/mol. The molecular weight excluding hydrogens is 212 g/mol. The van der Waals surface area contributed by atoms with Crippen LogP contribution in [0.1, 0.15) is 31.1 Å². The van der Waals surface area contributed by atoms with Crippen LogP contribution in [0, 0.1) is 0 Å². The van der Waals surface area contributed by atoms with Crippen LogP contribution in [0.25, 0.3) is 0 Å². The van der Waals surface area contributed by atoms with Crippen molar-refractivity contribution in [1.29, 1.82) is 0 Å². The van der Waals surface area contributed by atoms with E-state index >= 15 is 0 Å². The van der Waals surface area contributed by atoms with Crippen LogP contribution < -0.4 is 5.73 Å². The zero-order chi connectivity index (χ0) is 11.6. The minimum atomic E-state index is -1.01. The minimum absolute atomic E-state index is 0.00581. The molecule has 0 radical (unpaired) electrons. The Morgan fingerprint density at radius 1 is 1.53 bits per heavy atom. The van der Waals surface area contributed by atoms with Crippen molar-refractivity contribution in [1.82, 2.24) is 4.98 Å². The molecule has 0 aromatic carbocycles. The van der Waals surface area contributed by atoms with Gasteiger partial charge >= 0.3 is 5.97 Å². The summed E-state index contributed by atoms with van der Waals surface area (Å²) < 4.78 is 0.00581. The van der Waals surface area contributed by atoms with E-state index in [4.69, 9.17) is 10.8 Å². The third-order valence-electron chi connectivity index (χ3n) is 1.53.